The van der Waals surface area contributed by atoms with Crippen LogP contribution in [0.15, 0.2) is 180 Å². The molecule has 8 aliphatic heterocycles. The van der Waals surface area contributed by atoms with Gasteiger partial charge in [-0.1, -0.05) is 116 Å². The predicted molar refractivity (Wildman–Crippen MR) is 624 cm³/mol. The van der Waals surface area contributed by atoms with E-state index in [1.165, 1.54) is 128 Å². The van der Waals surface area contributed by atoms with E-state index in [1.54, 1.807) is 0 Å². The lowest BCUT2D eigenvalue weighted by Gasteiger charge is -2.55. The first kappa shape index (κ1) is 108. The molecule has 6 spiro atoms. The molecular formula is C95H115B35F2N5O4. The van der Waals surface area contributed by atoms with Crippen molar-refractivity contribution in [2.24, 2.45) is 34.0 Å². The molecule has 663 valence electrons. The van der Waals surface area contributed by atoms with Gasteiger partial charge in [-0.3, -0.25) is 29.5 Å². The van der Waals surface area contributed by atoms with E-state index < -0.39 is 115 Å². The van der Waals surface area contributed by atoms with Crippen molar-refractivity contribution in [3.05, 3.63) is 197 Å². The van der Waals surface area contributed by atoms with Crippen LogP contribution in [0, 0.1) is 34.0 Å². The monoisotopic (exact) mass is 1810 g/mol. The van der Waals surface area contributed by atoms with Gasteiger partial charge in [0.1, 0.15) is 18.1 Å². The molecule has 9 aliphatic carbocycles. The summed E-state index contributed by atoms with van der Waals surface area (Å²) in [5, 5.41) is 7.54. The van der Waals surface area contributed by atoms with E-state index in [0.717, 1.165) is 116 Å². The zero-order valence-corrected chi connectivity index (χ0v) is 81.2. The van der Waals surface area contributed by atoms with Gasteiger partial charge < -0.3 is 14.2 Å². The number of ether oxygens (including phenoxy) is 3. The van der Waals surface area contributed by atoms with Crippen molar-refractivity contribution < 1.29 is 27.8 Å². The van der Waals surface area contributed by atoms with Crippen LogP contribution in [0.4, 0.5) is 8.78 Å². The standard InChI is InChI=1S/2C32H37FN2O.C28H29NO2.3CH4.B35/c2*1-30-11-8-25-17-24-4-5-27(35-15-10-26(33)20-35)18-31(24)12-13-32(25,36-31)29(30)7-6-28(30)22-3-2-21-9-14-34-19-23(21)16-22;1-26-10-8-22-15-21-4-5-23(30)16-27(21)11-12-28(22,31-27)25(26)7-6-24(26)19-3-2-18-9-13-29-17-20(18)14-19;;;;1-19-28(18)33(29(20(2)3)21(4)5)35(32(26(14)15)27(16)17)34(30(22(6)7)23(8)9)31(24(10)11)25(12)13/h2*2-3,8-9,14,16-17,19,26-29H,4-7,10-13,15,18,20H2,1H3;2-3,8-9,13-15,17,24-25H,4-7,10-12,16H2,1H3;3*1H4;/t26-,27+,28?,29-,30-,31?,32-;26-,27-,28?,29-,30-,31?,32-;24?,25-,26-,27?,28-;;;;/m111..../s1. The smallest absolute Gasteiger partial charge is 0.136 e. The summed E-state index contributed by atoms with van der Waals surface area (Å²) in [6.07, 6.45) is 36.8. The number of aromatic nitrogens is 3. The number of fused-ring (bicyclic) bond motifs is 6. The number of allylic oxidation sites excluding steroid dienone is 3. The maximum absolute atomic E-state index is 14.0. The van der Waals surface area contributed by atoms with Crippen molar-refractivity contribution in [3.63, 3.8) is 0 Å². The number of Topliss-reactive ketones (excluding diaryl/α,β-unsaturated/α-hetero) is 1. The second-order valence-electron chi connectivity index (χ2n) is 46.3. The molecule has 0 amide bonds. The highest BCUT2D eigenvalue weighted by Crippen LogP contribution is 2.74. The maximum Gasteiger partial charge on any atom is 0.136 e. The molecule has 17 aliphatic rings. The second-order valence-corrected chi connectivity index (χ2v) is 46.3. The van der Waals surface area contributed by atoms with E-state index in [0.29, 0.717) is 92.1 Å². The number of nitrogens with zero attached hydrogens (tertiary/aromatic N) is 5. The SMILES string of the molecule is C.C.C.C[C@]12CC=C3C=C4CCC(=O)CC45CC[C@]3(O5)[C@@H]1CCC2c1ccc2ccncc2c1.C[C@]12CC=C3C=C4CC[C@@H](N5CC[C@@H](F)C5)CC45CC[C@]3(O5)[C@@H]1CCC2c1ccc2ccncc2c1.C[C@]12CC=C3C=C4CC[C@H](N5CC[C@@H](F)C5)CC45CC[C@]3(O5)[C@@H]1CCC2c1ccc2ccncc2c1.[B][B]B([B])B(B(B([B])[B])B([B])[B])B(B(B([B])[B])B([B])[B])B(B(B([B])[B])B([B])[B])B(B([B])[B])B([B])[B]. The van der Waals surface area contributed by atoms with Gasteiger partial charge in [-0.2, -0.15) is 0 Å². The molecule has 46 heteroatoms. The van der Waals surface area contributed by atoms with Crippen LogP contribution in [0.5, 0.6) is 0 Å². The third-order valence-electron chi connectivity index (χ3n) is 39.3. The molecular weight excluding hydrogens is 1690 g/mol. The van der Waals surface area contributed by atoms with Crippen LogP contribution < -0.4 is 0 Å². The number of benzene rings is 3. The van der Waals surface area contributed by atoms with Crippen molar-refractivity contribution in [2.75, 3.05) is 26.2 Å². The van der Waals surface area contributed by atoms with Gasteiger partial charge in [0, 0.05) is 353 Å². The number of hydrogen-bond acceptors (Lipinski definition) is 9. The van der Waals surface area contributed by atoms with Gasteiger partial charge >= 0.3 is 0 Å². The number of carbonyl (C=O) groups is 1. The Morgan fingerprint density at radius 2 is 0.695 bits per heavy atom. The number of halogens is 2. The van der Waals surface area contributed by atoms with E-state index in [-0.39, 0.29) is 72.1 Å². The molecule has 3 aromatic heterocycles. The molecule has 11 fully saturated rings. The first-order valence-corrected chi connectivity index (χ1v) is 52.0. The van der Waals surface area contributed by atoms with Crippen LogP contribution in [0.3, 0.4) is 0 Å². The van der Waals surface area contributed by atoms with Gasteiger partial charge in [0.15, 0.2) is 0 Å². The lowest BCUT2D eigenvalue weighted by atomic mass is 8.29. The van der Waals surface area contributed by atoms with Crippen LogP contribution in [0.25, 0.3) is 32.3 Å². The lowest BCUT2D eigenvalue weighted by molar-refractivity contribution is -0.146. The number of rotatable bonds is 21. The highest BCUT2D eigenvalue weighted by molar-refractivity contribution is 8.30. The van der Waals surface area contributed by atoms with Crippen molar-refractivity contribution >= 4 is 287 Å². The zero-order valence-electron chi connectivity index (χ0n) is 81.2. The van der Waals surface area contributed by atoms with Gasteiger partial charge in [-0.05, 0) is 309 Å². The lowest BCUT2D eigenvalue weighted by Crippen LogP contribution is -2.90. The molecule has 5 saturated heterocycles. The van der Waals surface area contributed by atoms with E-state index in [2.05, 4.69) is 155 Å². The average molecular weight is 1810 g/mol. The Kier molecular flexibility index (Phi) is 32.2. The number of alkyl halides is 2. The van der Waals surface area contributed by atoms with Gasteiger partial charge in [0.25, 0.3) is 0 Å². The van der Waals surface area contributed by atoms with Crippen LogP contribution in [-0.4, -0.2) is 363 Å². The quantitative estimate of drug-likeness (QED) is 0.0660. The summed E-state index contributed by atoms with van der Waals surface area (Å²) in [7, 11) is 112. The Labute approximate surface area is 875 Å². The first-order valence-electron chi connectivity index (χ1n) is 52.0. The topological polar surface area (TPSA) is 89.9 Å². The molecule has 23 rings (SSSR count). The molecule has 6 bridgehead atoms. The number of carbonyl (C=O) groups excluding carboxylic acids is 1. The van der Waals surface area contributed by atoms with Crippen molar-refractivity contribution in [1.29, 1.82) is 0 Å². The molecule has 19 atom stereocenters. The van der Waals surface area contributed by atoms with Gasteiger partial charge in [-0.15, -0.1) is 0 Å². The fourth-order valence-corrected chi connectivity index (χ4v) is 32.9. The molecule has 6 saturated carbocycles. The highest BCUT2D eigenvalue weighted by Gasteiger charge is 2.71. The fraction of sp³-hybridized carbons (Fsp3) is 0.579. The molecule has 141 heavy (non-hydrogen) atoms. The minimum atomic E-state index is -1.13. The average Bonchev–Trinajstić information content (AvgIpc) is 1.53. The van der Waals surface area contributed by atoms with Gasteiger partial charge in [0.05, 0.1) is 33.6 Å². The van der Waals surface area contributed by atoms with Crippen molar-refractivity contribution in [3.8, 4) is 0 Å². The Hall–Kier alpha value is -4.07. The predicted octanol–water partition coefficient (Wildman–Crippen LogP) is 8.40. The highest BCUT2D eigenvalue weighted by atomic mass is 19.1. The van der Waals surface area contributed by atoms with Crippen LogP contribution in [-0.2, 0) is 19.0 Å². The third-order valence-corrected chi connectivity index (χ3v) is 39.3. The first-order chi connectivity index (χ1) is 65.9. The number of ketones is 1. The Bertz CT molecular complexity index is 5530. The van der Waals surface area contributed by atoms with Crippen LogP contribution in [0.1, 0.15) is 244 Å². The molecule has 11 heterocycles. The van der Waals surface area contributed by atoms with Crippen molar-refractivity contribution in [2.45, 2.75) is 286 Å². The fourth-order valence-electron chi connectivity index (χ4n) is 32.9. The summed E-state index contributed by atoms with van der Waals surface area (Å²) in [4.78, 5) is 30.3. The molecule has 3 aromatic carbocycles. The molecule has 6 unspecified atom stereocenters. The minimum Gasteiger partial charge on any atom is -0.359 e. The molecule has 0 N–H and O–H groups in total. The van der Waals surface area contributed by atoms with E-state index >= 15 is 0 Å². The number of pyridine rings is 3. The summed E-state index contributed by atoms with van der Waals surface area (Å²) in [5.74, 6) is 3.65. The Balaban J connectivity index is 0.000000129. The second kappa shape index (κ2) is 41.9. The van der Waals surface area contributed by atoms with Gasteiger partial charge in [-0.25, -0.2) is 8.78 Å². The summed E-state index contributed by atoms with van der Waals surface area (Å²) >= 11 is 0. The number of hydrogen-bond donors (Lipinski definition) is 0. The molecule has 9 nitrogen and oxygen atoms in total. The van der Waals surface area contributed by atoms with E-state index in [4.69, 9.17) is 153 Å². The Morgan fingerprint density at radius 3 is 1.02 bits per heavy atom. The normalized spacial score (nSPS) is 33.6. The summed E-state index contributed by atoms with van der Waals surface area (Å²) in [6, 6.07) is 28.3. The largest absolute Gasteiger partial charge is 0.359 e. The number of likely N-dealkylation sites (tertiary alicyclic amines) is 2. The third kappa shape index (κ3) is 18.8. The van der Waals surface area contributed by atoms with E-state index in [1.807, 2.05) is 37.2 Å². The summed E-state index contributed by atoms with van der Waals surface area (Å²) in [5.41, 5.74) is 12.9. The summed E-state index contributed by atoms with van der Waals surface area (Å²) < 4.78 is 50.1. The van der Waals surface area contributed by atoms with Gasteiger partial charge in [0.2, 0.25) is 0 Å². The Morgan fingerprint density at radius 1 is 0.376 bits per heavy atom. The van der Waals surface area contributed by atoms with E-state index in [9.17, 15) is 13.6 Å². The molecule has 37 radical (unpaired) electrons. The maximum atomic E-state index is 14.0. The zero-order chi connectivity index (χ0) is 97.0. The summed E-state index contributed by atoms with van der Waals surface area (Å²) in [6.45, 7) is 10.7. The van der Waals surface area contributed by atoms with Crippen LogP contribution in [0.2, 0.25) is 0 Å². The van der Waals surface area contributed by atoms with Crippen molar-refractivity contribution in [1.82, 2.24) is 24.8 Å². The van der Waals surface area contributed by atoms with Crippen LogP contribution >= 0.6 is 0 Å². The molecule has 6 aromatic rings. The minimum absolute atomic E-state index is 0.